The predicted molar refractivity (Wildman–Crippen MR) is 98.1 cm³/mol. The molecule has 0 radical (unpaired) electrons. The molecule has 3 aromatic rings. The highest BCUT2D eigenvalue weighted by molar-refractivity contribution is 7.21. The van der Waals surface area contributed by atoms with E-state index in [0.717, 1.165) is 40.0 Å². The van der Waals surface area contributed by atoms with Crippen molar-refractivity contribution in [1.29, 1.82) is 0 Å². The molecule has 4 rings (SSSR count). The molecule has 0 aliphatic heterocycles. The zero-order valence-electron chi connectivity index (χ0n) is 14.4. The fourth-order valence-corrected chi connectivity index (χ4v) is 4.53. The van der Waals surface area contributed by atoms with Gasteiger partial charge in [-0.3, -0.25) is 0 Å². The van der Waals surface area contributed by atoms with Crippen LogP contribution in [0.4, 0.5) is 0 Å². The van der Waals surface area contributed by atoms with E-state index in [1.165, 1.54) is 23.1 Å². The normalized spacial score (nSPS) is 18.1. The van der Waals surface area contributed by atoms with E-state index in [4.69, 9.17) is 4.98 Å². The minimum absolute atomic E-state index is 0.0152. The number of pyridine rings is 1. The van der Waals surface area contributed by atoms with Crippen molar-refractivity contribution in [2.75, 3.05) is 0 Å². The smallest absolute Gasteiger partial charge is 0.147 e. The molecule has 0 amide bonds. The number of hydrogen-bond acceptors (Lipinski definition) is 4. The van der Waals surface area contributed by atoms with Gasteiger partial charge in [-0.2, -0.15) is 0 Å². The third-order valence-corrected chi connectivity index (χ3v) is 6.18. The van der Waals surface area contributed by atoms with Crippen LogP contribution in [-0.4, -0.2) is 20.1 Å². The first-order chi connectivity index (χ1) is 11.4. The van der Waals surface area contributed by atoms with Crippen molar-refractivity contribution in [3.05, 3.63) is 35.3 Å². The van der Waals surface area contributed by atoms with Gasteiger partial charge in [0.25, 0.3) is 0 Å². The zero-order valence-corrected chi connectivity index (χ0v) is 15.2. The van der Waals surface area contributed by atoms with E-state index < -0.39 is 0 Å². The van der Waals surface area contributed by atoms with E-state index >= 15 is 0 Å². The largest absolute Gasteiger partial charge is 0.390 e. The summed E-state index contributed by atoms with van der Waals surface area (Å²) in [5.41, 5.74) is 3.77. The number of aliphatic hydroxyl groups excluding tert-OH is 1. The minimum Gasteiger partial charge on any atom is -0.390 e. The van der Waals surface area contributed by atoms with Gasteiger partial charge in [-0.05, 0) is 48.3 Å². The van der Waals surface area contributed by atoms with E-state index in [-0.39, 0.29) is 6.61 Å². The van der Waals surface area contributed by atoms with Crippen molar-refractivity contribution in [3.63, 3.8) is 0 Å². The number of hydrogen-bond donors (Lipinski definition) is 2. The number of rotatable bonds is 2. The Morgan fingerprint density at radius 1 is 1.33 bits per heavy atom. The van der Waals surface area contributed by atoms with Crippen LogP contribution in [0, 0.1) is 11.3 Å². The molecule has 1 aliphatic rings. The highest BCUT2D eigenvalue weighted by atomic mass is 32.1. The van der Waals surface area contributed by atoms with Crippen molar-refractivity contribution in [2.45, 2.75) is 46.6 Å². The third kappa shape index (κ3) is 2.76. The van der Waals surface area contributed by atoms with Gasteiger partial charge in [0, 0.05) is 11.1 Å². The number of imidazole rings is 1. The molecule has 3 aromatic heterocycles. The van der Waals surface area contributed by atoms with Gasteiger partial charge in [0.05, 0.1) is 23.4 Å². The van der Waals surface area contributed by atoms with E-state index in [1.54, 1.807) is 17.5 Å². The predicted octanol–water partition coefficient (Wildman–Crippen LogP) is 4.33. The zero-order chi connectivity index (χ0) is 16.9. The molecule has 0 spiro atoms. The Bertz CT molecular complexity index is 888. The van der Waals surface area contributed by atoms with Crippen molar-refractivity contribution < 1.29 is 5.11 Å². The second kappa shape index (κ2) is 5.67. The van der Waals surface area contributed by atoms with E-state index in [9.17, 15) is 5.11 Å². The number of H-pyrrole nitrogens is 1. The van der Waals surface area contributed by atoms with Crippen molar-refractivity contribution in [1.82, 2.24) is 15.0 Å². The Labute approximate surface area is 146 Å². The van der Waals surface area contributed by atoms with Crippen LogP contribution in [0.25, 0.3) is 20.9 Å². The number of aromatic amines is 1. The summed E-state index contributed by atoms with van der Waals surface area (Å²) < 4.78 is 0. The quantitative estimate of drug-likeness (QED) is 0.729. The summed E-state index contributed by atoms with van der Waals surface area (Å²) in [6.45, 7) is 7.01. The van der Waals surface area contributed by atoms with Gasteiger partial charge < -0.3 is 10.1 Å². The molecule has 1 atom stereocenters. The fraction of sp³-hybridized carbons (Fsp3) is 0.474. The van der Waals surface area contributed by atoms with E-state index in [2.05, 4.69) is 42.9 Å². The van der Waals surface area contributed by atoms with Gasteiger partial charge in [-0.25, -0.2) is 9.97 Å². The van der Waals surface area contributed by atoms with Crippen LogP contribution in [0.5, 0.6) is 0 Å². The van der Waals surface area contributed by atoms with Crippen molar-refractivity contribution >= 4 is 21.6 Å². The Kier molecular flexibility index (Phi) is 3.73. The summed E-state index contributed by atoms with van der Waals surface area (Å²) in [5, 5.41) is 10.4. The highest BCUT2D eigenvalue weighted by Crippen LogP contribution is 2.39. The Morgan fingerprint density at radius 3 is 2.88 bits per heavy atom. The van der Waals surface area contributed by atoms with Crippen LogP contribution in [0.1, 0.15) is 44.1 Å². The molecule has 0 aromatic carbocycles. The van der Waals surface area contributed by atoms with E-state index in [0.29, 0.717) is 5.41 Å². The van der Waals surface area contributed by atoms with E-state index in [1.807, 2.05) is 0 Å². The number of thiophene rings is 1. The number of fused-ring (bicyclic) bond motifs is 2. The second-order valence-electron chi connectivity index (χ2n) is 7.82. The molecule has 126 valence electrons. The number of nitrogens with zero attached hydrogens (tertiary/aromatic N) is 2. The molecule has 5 heteroatoms. The summed E-state index contributed by atoms with van der Waals surface area (Å²) in [6, 6.07) is 4.49. The molecular weight excluding hydrogens is 318 g/mol. The lowest BCUT2D eigenvalue weighted by atomic mass is 9.71. The maximum absolute atomic E-state index is 9.19. The number of aryl methyl sites for hydroxylation is 1. The standard InChI is InChI=1S/C19H23N3OS/c1-19(2,3)13-4-5-15-11(7-13)6-12-8-16(24-18(12)22-15)17-20-9-14(10-23)21-17/h6,8-9,13,23H,4-5,7,10H2,1-3H3,(H,20,21). The number of aromatic nitrogens is 3. The molecule has 0 saturated carbocycles. The second-order valence-corrected chi connectivity index (χ2v) is 8.85. The van der Waals surface area contributed by atoms with Gasteiger partial charge in [0.1, 0.15) is 10.7 Å². The first kappa shape index (κ1) is 15.8. The highest BCUT2D eigenvalue weighted by Gasteiger charge is 2.29. The molecule has 1 unspecified atom stereocenters. The maximum Gasteiger partial charge on any atom is 0.147 e. The van der Waals surface area contributed by atoms with Crippen LogP contribution in [-0.2, 0) is 19.4 Å². The van der Waals surface area contributed by atoms with Crippen LogP contribution < -0.4 is 0 Å². The van der Waals surface area contributed by atoms with Gasteiger partial charge in [0.15, 0.2) is 0 Å². The molecule has 4 nitrogen and oxygen atoms in total. The fourth-order valence-electron chi connectivity index (χ4n) is 3.54. The first-order valence-corrected chi connectivity index (χ1v) is 9.33. The third-order valence-electron chi connectivity index (χ3n) is 5.13. The van der Waals surface area contributed by atoms with Crippen molar-refractivity contribution in [3.8, 4) is 10.7 Å². The Morgan fingerprint density at radius 2 is 2.17 bits per heavy atom. The summed E-state index contributed by atoms with van der Waals surface area (Å²) in [6.07, 6.45) is 5.12. The average Bonchev–Trinajstić information content (AvgIpc) is 3.17. The SMILES string of the molecule is CC(C)(C)C1CCc2nc3sc(-c4ncc(CO)[nH]4)cc3cc2C1. The number of aliphatic hydroxyl groups is 1. The summed E-state index contributed by atoms with van der Waals surface area (Å²) in [4.78, 5) is 14.6. The monoisotopic (exact) mass is 341 g/mol. The lowest BCUT2D eigenvalue weighted by Gasteiger charge is -2.34. The van der Waals surface area contributed by atoms with Gasteiger partial charge >= 0.3 is 0 Å². The lowest BCUT2D eigenvalue weighted by Crippen LogP contribution is -2.27. The molecule has 0 fully saturated rings. The molecule has 3 heterocycles. The van der Waals surface area contributed by atoms with Crippen LogP contribution in [0.2, 0.25) is 0 Å². The molecular formula is C19H23N3OS. The Hall–Kier alpha value is -1.72. The number of nitrogens with one attached hydrogen (secondary N) is 1. The molecule has 0 saturated heterocycles. The average molecular weight is 341 g/mol. The summed E-state index contributed by atoms with van der Waals surface area (Å²) in [5.74, 6) is 1.53. The first-order valence-electron chi connectivity index (χ1n) is 8.51. The minimum atomic E-state index is -0.0152. The molecule has 24 heavy (non-hydrogen) atoms. The van der Waals surface area contributed by atoms with Crippen molar-refractivity contribution in [2.24, 2.45) is 11.3 Å². The summed E-state index contributed by atoms with van der Waals surface area (Å²) in [7, 11) is 0. The van der Waals surface area contributed by atoms with Crippen LogP contribution in [0.3, 0.4) is 0 Å². The topological polar surface area (TPSA) is 61.8 Å². The maximum atomic E-state index is 9.19. The van der Waals surface area contributed by atoms with Crippen LogP contribution in [0.15, 0.2) is 18.3 Å². The van der Waals surface area contributed by atoms with Gasteiger partial charge in [-0.15, -0.1) is 11.3 Å². The lowest BCUT2D eigenvalue weighted by molar-refractivity contribution is 0.215. The van der Waals surface area contributed by atoms with Gasteiger partial charge in [0.2, 0.25) is 0 Å². The molecule has 0 bridgehead atoms. The molecule has 1 aliphatic carbocycles. The van der Waals surface area contributed by atoms with Crippen LogP contribution >= 0.6 is 11.3 Å². The van der Waals surface area contributed by atoms with Gasteiger partial charge in [-0.1, -0.05) is 20.8 Å². The molecule has 2 N–H and O–H groups in total. The Balaban J connectivity index is 1.71. The summed E-state index contributed by atoms with van der Waals surface area (Å²) >= 11 is 1.67.